The van der Waals surface area contributed by atoms with Gasteiger partial charge in [0.1, 0.15) is 17.6 Å². The number of fused-ring (bicyclic) bond motifs is 1. The van der Waals surface area contributed by atoms with E-state index >= 15 is 0 Å². The van der Waals surface area contributed by atoms with Gasteiger partial charge in [-0.3, -0.25) is 4.79 Å². The molecule has 0 unspecified atom stereocenters. The number of Topliss-reactive ketones (excluding diaryl/α,β-unsaturated/α-hetero) is 1. The van der Waals surface area contributed by atoms with Crippen LogP contribution in [-0.4, -0.2) is 25.3 Å². The first-order valence-electron chi connectivity index (χ1n) is 5.15. The van der Waals surface area contributed by atoms with E-state index in [0.717, 1.165) is 0 Å². The maximum absolute atomic E-state index is 11.2. The van der Waals surface area contributed by atoms with Crippen molar-refractivity contribution < 1.29 is 4.79 Å². The van der Waals surface area contributed by atoms with Crippen LogP contribution in [0.1, 0.15) is 19.8 Å². The number of nitrogens with two attached hydrogens (primary N) is 1. The number of aryl methyl sites for hydroxylation is 1. The summed E-state index contributed by atoms with van der Waals surface area (Å²) in [6.07, 6.45) is 4.09. The second kappa shape index (κ2) is 4.26. The van der Waals surface area contributed by atoms with Crippen molar-refractivity contribution in [1.82, 2.24) is 19.5 Å². The lowest BCUT2D eigenvalue weighted by atomic mass is 10.2. The Morgan fingerprint density at radius 2 is 2.25 bits per heavy atom. The highest BCUT2D eigenvalue weighted by Crippen LogP contribution is 2.14. The van der Waals surface area contributed by atoms with E-state index in [9.17, 15) is 4.79 Å². The molecule has 0 aliphatic rings. The molecule has 84 valence electrons. The number of hydrogen-bond acceptors (Lipinski definition) is 5. The minimum Gasteiger partial charge on any atom is -0.382 e. The molecule has 0 saturated carbocycles. The molecule has 0 atom stereocenters. The Labute approximate surface area is 92.5 Å². The number of aromatic nitrogens is 4. The molecule has 2 rings (SSSR count). The Hall–Kier alpha value is -1.98. The fourth-order valence-electron chi connectivity index (χ4n) is 1.48. The molecule has 0 fully saturated rings. The zero-order chi connectivity index (χ0) is 11.5. The summed E-state index contributed by atoms with van der Waals surface area (Å²) < 4.78 is 1.82. The number of imidazole rings is 1. The van der Waals surface area contributed by atoms with Crippen molar-refractivity contribution in [2.75, 3.05) is 5.73 Å². The van der Waals surface area contributed by atoms with Gasteiger partial charge in [0.2, 0.25) is 0 Å². The van der Waals surface area contributed by atoms with Gasteiger partial charge in [-0.25, -0.2) is 15.0 Å². The summed E-state index contributed by atoms with van der Waals surface area (Å²) in [7, 11) is 0. The molecular weight excluding hydrogens is 206 g/mol. The molecule has 2 N–H and O–H groups in total. The van der Waals surface area contributed by atoms with Gasteiger partial charge in [-0.2, -0.15) is 0 Å². The third-order valence-corrected chi connectivity index (χ3v) is 2.46. The molecule has 0 aliphatic heterocycles. The highest BCUT2D eigenvalue weighted by Gasteiger charge is 2.08. The zero-order valence-corrected chi connectivity index (χ0v) is 9.05. The quantitative estimate of drug-likeness (QED) is 0.821. The summed E-state index contributed by atoms with van der Waals surface area (Å²) in [5, 5.41) is 0. The van der Waals surface area contributed by atoms with Crippen LogP contribution in [0.3, 0.4) is 0 Å². The number of nitrogen functional groups attached to an aromatic ring is 1. The monoisotopic (exact) mass is 219 g/mol. The second-order valence-corrected chi connectivity index (χ2v) is 3.51. The third kappa shape index (κ3) is 1.86. The molecular formula is C10H13N5O. The molecule has 2 aromatic heterocycles. The summed E-state index contributed by atoms with van der Waals surface area (Å²) in [6, 6.07) is 0. The zero-order valence-electron chi connectivity index (χ0n) is 9.05. The van der Waals surface area contributed by atoms with E-state index in [1.54, 1.807) is 6.33 Å². The van der Waals surface area contributed by atoms with Crippen molar-refractivity contribution in [3.63, 3.8) is 0 Å². The van der Waals surface area contributed by atoms with Crippen molar-refractivity contribution in [1.29, 1.82) is 0 Å². The number of carbonyl (C=O) groups excluding carboxylic acids is 1. The SMILES string of the molecule is CCC(=O)CCn1cnc2c(N)ncnc21. The van der Waals surface area contributed by atoms with Gasteiger partial charge in [0, 0.05) is 19.4 Å². The number of carbonyl (C=O) groups is 1. The van der Waals surface area contributed by atoms with Crippen LogP contribution in [0.4, 0.5) is 5.82 Å². The summed E-state index contributed by atoms with van der Waals surface area (Å²) in [5.74, 6) is 0.592. The Morgan fingerprint density at radius 1 is 1.44 bits per heavy atom. The van der Waals surface area contributed by atoms with Gasteiger partial charge < -0.3 is 10.3 Å². The van der Waals surface area contributed by atoms with E-state index in [4.69, 9.17) is 5.73 Å². The summed E-state index contributed by atoms with van der Waals surface area (Å²) >= 11 is 0. The lowest BCUT2D eigenvalue weighted by Crippen LogP contribution is -2.04. The van der Waals surface area contributed by atoms with E-state index in [1.165, 1.54) is 6.33 Å². The Kier molecular flexibility index (Phi) is 2.80. The molecule has 0 spiro atoms. The van der Waals surface area contributed by atoms with Gasteiger partial charge in [0.05, 0.1) is 6.33 Å². The van der Waals surface area contributed by atoms with Gasteiger partial charge in [0.25, 0.3) is 0 Å². The smallest absolute Gasteiger partial charge is 0.165 e. The fraction of sp³-hybridized carbons (Fsp3) is 0.400. The van der Waals surface area contributed by atoms with Crippen molar-refractivity contribution in [2.24, 2.45) is 0 Å². The van der Waals surface area contributed by atoms with Crippen LogP contribution >= 0.6 is 0 Å². The van der Waals surface area contributed by atoms with Gasteiger partial charge in [-0.05, 0) is 0 Å². The summed E-state index contributed by atoms with van der Waals surface area (Å²) in [5.41, 5.74) is 6.92. The summed E-state index contributed by atoms with van der Waals surface area (Å²) in [4.78, 5) is 23.3. The van der Waals surface area contributed by atoms with Crippen LogP contribution in [0.25, 0.3) is 11.2 Å². The van der Waals surface area contributed by atoms with Crippen molar-refractivity contribution in [2.45, 2.75) is 26.3 Å². The largest absolute Gasteiger partial charge is 0.382 e. The van der Waals surface area contributed by atoms with Gasteiger partial charge >= 0.3 is 0 Å². The standard InChI is InChI=1S/C10H13N5O/c1-2-7(16)3-4-15-6-14-8-9(11)12-5-13-10(8)15/h5-6H,2-4H2,1H3,(H2,11,12,13). The molecule has 0 radical (unpaired) electrons. The Morgan fingerprint density at radius 3 is 3.00 bits per heavy atom. The molecule has 0 saturated heterocycles. The van der Waals surface area contributed by atoms with E-state index in [1.807, 2.05) is 11.5 Å². The number of rotatable bonds is 4. The number of nitrogens with zero attached hydrogens (tertiary/aromatic N) is 4. The van der Waals surface area contributed by atoms with E-state index in [2.05, 4.69) is 15.0 Å². The topological polar surface area (TPSA) is 86.7 Å². The predicted octanol–water partition coefficient (Wildman–Crippen LogP) is 0.778. The molecule has 2 aromatic rings. The van der Waals surface area contributed by atoms with Crippen LogP contribution < -0.4 is 5.73 Å². The summed E-state index contributed by atoms with van der Waals surface area (Å²) in [6.45, 7) is 2.44. The molecule has 16 heavy (non-hydrogen) atoms. The maximum atomic E-state index is 11.2. The van der Waals surface area contributed by atoms with Crippen LogP contribution in [0.5, 0.6) is 0 Å². The van der Waals surface area contributed by atoms with Crippen LogP contribution in [0, 0.1) is 0 Å². The van der Waals surface area contributed by atoms with E-state index in [0.29, 0.717) is 36.4 Å². The molecule has 0 bridgehead atoms. The number of hydrogen-bond donors (Lipinski definition) is 1. The Bertz CT molecular complexity index is 519. The Balaban J connectivity index is 2.25. The molecule has 0 aliphatic carbocycles. The maximum Gasteiger partial charge on any atom is 0.165 e. The van der Waals surface area contributed by atoms with Gasteiger partial charge in [-0.15, -0.1) is 0 Å². The lowest BCUT2D eigenvalue weighted by molar-refractivity contribution is -0.118. The van der Waals surface area contributed by atoms with Crippen LogP contribution in [-0.2, 0) is 11.3 Å². The first-order chi connectivity index (χ1) is 7.72. The second-order valence-electron chi connectivity index (χ2n) is 3.51. The lowest BCUT2D eigenvalue weighted by Gasteiger charge is -2.01. The van der Waals surface area contributed by atoms with Crippen molar-refractivity contribution >= 4 is 22.8 Å². The fourth-order valence-corrected chi connectivity index (χ4v) is 1.48. The first kappa shape index (κ1) is 10.5. The number of anilines is 1. The van der Waals surface area contributed by atoms with Crippen LogP contribution in [0.2, 0.25) is 0 Å². The normalized spacial score (nSPS) is 10.8. The average Bonchev–Trinajstić information content (AvgIpc) is 2.70. The average molecular weight is 219 g/mol. The number of ketones is 1. The molecule has 6 nitrogen and oxygen atoms in total. The van der Waals surface area contributed by atoms with Crippen molar-refractivity contribution in [3.8, 4) is 0 Å². The minimum atomic E-state index is 0.226. The predicted molar refractivity (Wildman–Crippen MR) is 59.7 cm³/mol. The minimum absolute atomic E-state index is 0.226. The highest BCUT2D eigenvalue weighted by molar-refractivity contribution is 5.81. The third-order valence-electron chi connectivity index (χ3n) is 2.46. The van der Waals surface area contributed by atoms with E-state index < -0.39 is 0 Å². The molecule has 0 aromatic carbocycles. The van der Waals surface area contributed by atoms with Crippen molar-refractivity contribution in [3.05, 3.63) is 12.7 Å². The highest BCUT2D eigenvalue weighted by atomic mass is 16.1. The van der Waals surface area contributed by atoms with Gasteiger partial charge in [0.15, 0.2) is 11.5 Å². The molecule has 2 heterocycles. The molecule has 0 amide bonds. The molecule has 6 heteroatoms. The van der Waals surface area contributed by atoms with E-state index in [-0.39, 0.29) is 5.78 Å². The van der Waals surface area contributed by atoms with Crippen LogP contribution in [0.15, 0.2) is 12.7 Å². The first-order valence-corrected chi connectivity index (χ1v) is 5.15. The van der Waals surface area contributed by atoms with Gasteiger partial charge in [-0.1, -0.05) is 6.92 Å².